The van der Waals surface area contributed by atoms with E-state index in [9.17, 15) is 8.42 Å². The summed E-state index contributed by atoms with van der Waals surface area (Å²) in [6, 6.07) is 6.66. The van der Waals surface area contributed by atoms with E-state index in [1.165, 1.54) is 6.07 Å². The van der Waals surface area contributed by atoms with Crippen molar-refractivity contribution in [2.45, 2.75) is 18.2 Å². The highest BCUT2D eigenvalue weighted by atomic mass is 35.5. The van der Waals surface area contributed by atoms with Gasteiger partial charge >= 0.3 is 0 Å². The smallest absolute Gasteiger partial charge is 0.240 e. The monoisotopic (exact) mass is 315 g/mol. The Morgan fingerprint density at radius 2 is 2.25 bits per heavy atom. The first kappa shape index (κ1) is 16.9. The fourth-order valence-corrected chi connectivity index (χ4v) is 3.54. The summed E-state index contributed by atoms with van der Waals surface area (Å²) in [7, 11) is -3.54. The molecule has 0 aliphatic carbocycles. The molecule has 7 heteroatoms. The summed E-state index contributed by atoms with van der Waals surface area (Å²) in [6.07, 6.45) is 0.986. The summed E-state index contributed by atoms with van der Waals surface area (Å²) in [6.45, 7) is 3.95. The van der Waals surface area contributed by atoms with E-state index in [1.807, 2.05) is 6.07 Å². The van der Waals surface area contributed by atoms with E-state index >= 15 is 0 Å². The van der Waals surface area contributed by atoms with Crippen LogP contribution in [0.25, 0.3) is 0 Å². The van der Waals surface area contributed by atoms with Crippen LogP contribution in [0.1, 0.15) is 17.5 Å². The molecule has 2 N–H and O–H groups in total. The lowest BCUT2D eigenvalue weighted by Crippen LogP contribution is -2.30. The first-order valence-electron chi connectivity index (χ1n) is 6.24. The largest absolute Gasteiger partial charge is 0.316 e. The van der Waals surface area contributed by atoms with Gasteiger partial charge in [-0.05, 0) is 50.0 Å². The van der Waals surface area contributed by atoms with Crippen molar-refractivity contribution in [3.05, 3.63) is 29.3 Å². The highest BCUT2D eigenvalue weighted by Crippen LogP contribution is 2.17. The van der Waals surface area contributed by atoms with Crippen LogP contribution in [0.4, 0.5) is 0 Å². The van der Waals surface area contributed by atoms with Gasteiger partial charge in [0.25, 0.3) is 0 Å². The van der Waals surface area contributed by atoms with Gasteiger partial charge in [-0.2, -0.15) is 5.26 Å². The van der Waals surface area contributed by atoms with Crippen molar-refractivity contribution in [1.82, 2.24) is 10.0 Å². The minimum atomic E-state index is -3.54. The molecule has 1 aliphatic heterocycles. The zero-order chi connectivity index (χ0) is 13.9. The van der Waals surface area contributed by atoms with Gasteiger partial charge in [0.05, 0.1) is 16.5 Å². The molecule has 1 aromatic carbocycles. The first-order valence-corrected chi connectivity index (χ1v) is 7.72. The van der Waals surface area contributed by atoms with Crippen LogP contribution in [0.15, 0.2) is 23.1 Å². The lowest BCUT2D eigenvalue weighted by molar-refractivity contribution is 0.538. The van der Waals surface area contributed by atoms with Crippen LogP contribution in [-0.4, -0.2) is 28.1 Å². The topological polar surface area (TPSA) is 82.0 Å². The molecule has 0 spiro atoms. The summed E-state index contributed by atoms with van der Waals surface area (Å²) in [5.74, 6) is 0.342. The van der Waals surface area contributed by atoms with Gasteiger partial charge in [0, 0.05) is 6.54 Å². The molecular weight excluding hydrogens is 298 g/mol. The van der Waals surface area contributed by atoms with Crippen molar-refractivity contribution < 1.29 is 8.42 Å². The normalized spacial score (nSPS) is 18.3. The van der Waals surface area contributed by atoms with Crippen molar-refractivity contribution in [3.8, 4) is 6.07 Å². The molecule has 1 fully saturated rings. The van der Waals surface area contributed by atoms with Crippen LogP contribution in [0, 0.1) is 24.2 Å². The van der Waals surface area contributed by atoms with Crippen molar-refractivity contribution >= 4 is 22.4 Å². The third-order valence-corrected chi connectivity index (χ3v) is 4.90. The van der Waals surface area contributed by atoms with E-state index in [2.05, 4.69) is 10.0 Å². The molecule has 0 bridgehead atoms. The number of hydrogen-bond acceptors (Lipinski definition) is 4. The third-order valence-electron chi connectivity index (χ3n) is 3.33. The van der Waals surface area contributed by atoms with E-state index in [-0.39, 0.29) is 17.3 Å². The van der Waals surface area contributed by atoms with Crippen LogP contribution >= 0.6 is 12.4 Å². The lowest BCUT2D eigenvalue weighted by Gasteiger charge is -2.12. The lowest BCUT2D eigenvalue weighted by atomic mass is 10.1. The highest BCUT2D eigenvalue weighted by Gasteiger charge is 2.21. The molecule has 1 unspecified atom stereocenters. The number of nitrogens with one attached hydrogen (secondary N) is 2. The predicted octanol–water partition coefficient (Wildman–Crippen LogP) is 1.18. The summed E-state index contributed by atoms with van der Waals surface area (Å²) < 4.78 is 27.1. The fourth-order valence-electron chi connectivity index (χ4n) is 2.15. The zero-order valence-corrected chi connectivity index (χ0v) is 12.9. The van der Waals surface area contributed by atoms with E-state index in [0.717, 1.165) is 19.5 Å². The number of nitriles is 1. The fraction of sp³-hybridized carbons (Fsp3) is 0.462. The minimum Gasteiger partial charge on any atom is -0.316 e. The average molecular weight is 316 g/mol. The summed E-state index contributed by atoms with van der Waals surface area (Å²) in [5.41, 5.74) is 1.00. The molecule has 1 atom stereocenters. The number of halogens is 1. The molecule has 1 aromatic rings. The van der Waals surface area contributed by atoms with Gasteiger partial charge in [-0.15, -0.1) is 12.4 Å². The second kappa shape index (κ2) is 7.04. The zero-order valence-electron chi connectivity index (χ0n) is 11.2. The Balaban J connectivity index is 0.00000200. The van der Waals surface area contributed by atoms with Crippen molar-refractivity contribution in [3.63, 3.8) is 0 Å². The van der Waals surface area contributed by atoms with Crippen molar-refractivity contribution in [2.75, 3.05) is 19.6 Å². The molecule has 0 amide bonds. The third kappa shape index (κ3) is 3.93. The van der Waals surface area contributed by atoms with Gasteiger partial charge in [-0.3, -0.25) is 0 Å². The maximum atomic E-state index is 12.2. The van der Waals surface area contributed by atoms with Crippen LogP contribution in [0.5, 0.6) is 0 Å². The first-order chi connectivity index (χ1) is 9.03. The molecule has 1 heterocycles. The van der Waals surface area contributed by atoms with Crippen LogP contribution < -0.4 is 10.0 Å². The Hall–Kier alpha value is -1.13. The van der Waals surface area contributed by atoms with Crippen molar-refractivity contribution in [1.29, 1.82) is 5.26 Å². The number of rotatable bonds is 4. The molecule has 0 aromatic heterocycles. The van der Waals surface area contributed by atoms with E-state index in [4.69, 9.17) is 5.26 Å². The summed E-state index contributed by atoms with van der Waals surface area (Å²) in [4.78, 5) is 0.192. The molecule has 110 valence electrons. The summed E-state index contributed by atoms with van der Waals surface area (Å²) >= 11 is 0. The molecule has 1 aliphatic rings. The molecular formula is C13H18ClN3O2S. The van der Waals surface area contributed by atoms with E-state index < -0.39 is 10.0 Å². The number of nitrogens with zero attached hydrogens (tertiary/aromatic N) is 1. The van der Waals surface area contributed by atoms with E-state index in [1.54, 1.807) is 19.1 Å². The maximum absolute atomic E-state index is 12.2. The van der Waals surface area contributed by atoms with Gasteiger partial charge in [0.2, 0.25) is 10.0 Å². The molecule has 0 radical (unpaired) electrons. The molecule has 2 rings (SSSR count). The number of hydrogen-bond donors (Lipinski definition) is 2. The van der Waals surface area contributed by atoms with Crippen molar-refractivity contribution in [2.24, 2.45) is 5.92 Å². The molecule has 20 heavy (non-hydrogen) atoms. The Bertz CT molecular complexity index is 605. The number of sulfonamides is 1. The Morgan fingerprint density at radius 1 is 1.50 bits per heavy atom. The van der Waals surface area contributed by atoms with Gasteiger partial charge in [0.15, 0.2) is 0 Å². The average Bonchev–Trinajstić information content (AvgIpc) is 2.90. The predicted molar refractivity (Wildman–Crippen MR) is 79.3 cm³/mol. The Kier molecular flexibility index (Phi) is 5.96. The van der Waals surface area contributed by atoms with Crippen LogP contribution in [0.3, 0.4) is 0 Å². The number of aryl methyl sites for hydroxylation is 1. The standard InChI is InChI=1S/C13H17N3O2S.ClH/c1-10-2-3-11(7-14)6-13(10)19(17,18)16-9-12-4-5-15-8-12;/h2-3,6,12,15-16H,4-5,8-9H2,1H3;1H. The van der Waals surface area contributed by atoms with Gasteiger partial charge in [-0.25, -0.2) is 13.1 Å². The highest BCUT2D eigenvalue weighted by molar-refractivity contribution is 7.89. The molecule has 1 saturated heterocycles. The van der Waals surface area contributed by atoms with Gasteiger partial charge in [0.1, 0.15) is 0 Å². The summed E-state index contributed by atoms with van der Waals surface area (Å²) in [5, 5.41) is 12.0. The number of benzene rings is 1. The maximum Gasteiger partial charge on any atom is 0.240 e. The quantitative estimate of drug-likeness (QED) is 0.874. The van der Waals surface area contributed by atoms with Crippen LogP contribution in [-0.2, 0) is 10.0 Å². The second-order valence-corrected chi connectivity index (χ2v) is 6.54. The minimum absolute atomic E-state index is 0. The van der Waals surface area contributed by atoms with E-state index in [0.29, 0.717) is 23.6 Å². The second-order valence-electron chi connectivity index (χ2n) is 4.80. The molecule has 5 nitrogen and oxygen atoms in total. The Morgan fingerprint density at radius 3 is 2.85 bits per heavy atom. The SMILES string of the molecule is Cc1ccc(C#N)cc1S(=O)(=O)NCC1CCNC1.Cl. The van der Waals surface area contributed by atoms with Gasteiger partial charge < -0.3 is 5.32 Å². The van der Waals surface area contributed by atoms with Gasteiger partial charge in [-0.1, -0.05) is 6.07 Å². The van der Waals surface area contributed by atoms with Crippen LogP contribution in [0.2, 0.25) is 0 Å². The molecule has 0 saturated carbocycles. The Labute approximate surface area is 125 Å².